The van der Waals surface area contributed by atoms with Crippen LogP contribution in [0.3, 0.4) is 0 Å². The topological polar surface area (TPSA) is 72.5 Å². The zero-order chi connectivity index (χ0) is 7.70. The summed E-state index contributed by atoms with van der Waals surface area (Å²) in [5, 5.41) is 0. The van der Waals surface area contributed by atoms with Crippen molar-refractivity contribution >= 4 is 18.7 Å². The van der Waals surface area contributed by atoms with Crippen molar-refractivity contribution in [3.63, 3.8) is 0 Å². The highest BCUT2D eigenvalue weighted by atomic mass is 32.1. The van der Waals surface area contributed by atoms with E-state index >= 15 is 0 Å². The number of hydrogen-bond donors (Lipinski definition) is 2. The van der Waals surface area contributed by atoms with Gasteiger partial charge in [-0.05, 0) is 6.42 Å². The van der Waals surface area contributed by atoms with Gasteiger partial charge in [0, 0.05) is 23.8 Å². The summed E-state index contributed by atoms with van der Waals surface area (Å²) in [4.78, 5) is 18.2. The summed E-state index contributed by atoms with van der Waals surface area (Å²) in [5.74, 6) is -0.211. The van der Waals surface area contributed by atoms with Crippen LogP contribution >= 0.6 is 12.8 Å². The van der Waals surface area contributed by atoms with Gasteiger partial charge >= 0.3 is 0 Å². The standard InChI is InChI=1S/C4H9NO.HNOS/c1-2-3-4(5)6;2-1-3/h2-3H2,1H3,(H2,5,6);(H,2,3). The van der Waals surface area contributed by atoms with Gasteiger partial charge in [0.15, 0.2) is 0 Å². The lowest BCUT2D eigenvalue weighted by Crippen LogP contribution is -2.08. The molecule has 0 aliphatic carbocycles. The zero-order valence-electron chi connectivity index (χ0n) is 5.20. The van der Waals surface area contributed by atoms with Gasteiger partial charge in [-0.25, -0.2) is 0 Å². The Hall–Kier alpha value is -0.580. The average molecular weight is 150 g/mol. The molecule has 0 unspecified atom stereocenters. The van der Waals surface area contributed by atoms with Gasteiger partial charge in [0.25, 0.3) is 0 Å². The van der Waals surface area contributed by atoms with Crippen molar-refractivity contribution in [3.8, 4) is 0 Å². The SMILES string of the molecule is CCCC(N)=O.O=NS. The minimum absolute atomic E-state index is 0.211. The maximum absolute atomic E-state index is 9.82. The van der Waals surface area contributed by atoms with Crippen LogP contribution in [0, 0.1) is 4.91 Å². The number of thiol groups is 1. The van der Waals surface area contributed by atoms with E-state index in [1.807, 2.05) is 11.5 Å². The third kappa shape index (κ3) is 37.2. The second-order valence-electron chi connectivity index (χ2n) is 1.30. The molecule has 9 heavy (non-hydrogen) atoms. The lowest BCUT2D eigenvalue weighted by molar-refractivity contribution is -0.118. The summed E-state index contributed by atoms with van der Waals surface area (Å²) in [6, 6.07) is 0. The van der Waals surface area contributed by atoms with Crippen molar-refractivity contribution in [2.75, 3.05) is 0 Å². The summed E-state index contributed by atoms with van der Waals surface area (Å²) < 4.78 is 1.94. The molecule has 0 aromatic carbocycles. The highest BCUT2D eigenvalue weighted by molar-refractivity contribution is 7.78. The molecule has 0 bridgehead atoms. The van der Waals surface area contributed by atoms with Crippen molar-refractivity contribution in [1.29, 1.82) is 0 Å². The van der Waals surface area contributed by atoms with Crippen LogP contribution in [0.5, 0.6) is 0 Å². The molecule has 0 aromatic heterocycles. The summed E-state index contributed by atoms with van der Waals surface area (Å²) in [7, 11) is 0. The van der Waals surface area contributed by atoms with Crippen molar-refractivity contribution in [2.24, 2.45) is 10.3 Å². The maximum Gasteiger partial charge on any atom is 0.217 e. The van der Waals surface area contributed by atoms with E-state index in [9.17, 15) is 4.79 Å². The minimum atomic E-state index is -0.211. The van der Waals surface area contributed by atoms with Crippen LogP contribution in [-0.2, 0) is 4.79 Å². The Morgan fingerprint density at radius 1 is 1.78 bits per heavy atom. The fourth-order valence-electron chi connectivity index (χ4n) is 0.246. The van der Waals surface area contributed by atoms with E-state index in [2.05, 4.69) is 12.8 Å². The lowest BCUT2D eigenvalue weighted by atomic mass is 10.3. The molecule has 0 heterocycles. The van der Waals surface area contributed by atoms with E-state index in [-0.39, 0.29) is 5.91 Å². The normalized spacial score (nSPS) is 6.89. The molecular weight excluding hydrogens is 140 g/mol. The number of hydrogen-bond acceptors (Lipinski definition) is 3. The van der Waals surface area contributed by atoms with Crippen LogP contribution in [0.2, 0.25) is 0 Å². The van der Waals surface area contributed by atoms with Gasteiger partial charge in [-0.2, -0.15) is 0 Å². The van der Waals surface area contributed by atoms with E-state index in [1.165, 1.54) is 0 Å². The number of nitrogens with two attached hydrogens (primary N) is 1. The van der Waals surface area contributed by atoms with E-state index in [4.69, 9.17) is 10.6 Å². The zero-order valence-corrected chi connectivity index (χ0v) is 6.10. The first kappa shape index (κ1) is 11.2. The Kier molecular flexibility index (Phi) is 13.0. The molecule has 0 saturated heterocycles. The summed E-state index contributed by atoms with van der Waals surface area (Å²) in [5.41, 5.74) is 4.76. The molecule has 54 valence electrons. The summed E-state index contributed by atoms with van der Waals surface area (Å²) in [6.07, 6.45) is 1.37. The Balaban J connectivity index is 0. The Morgan fingerprint density at radius 2 is 2.11 bits per heavy atom. The molecular formula is C4H10N2O2S. The smallest absolute Gasteiger partial charge is 0.217 e. The highest BCUT2D eigenvalue weighted by Crippen LogP contribution is 1.79. The Labute approximate surface area is 59.3 Å². The molecule has 0 radical (unpaired) electrons. The second-order valence-corrected chi connectivity index (χ2v) is 1.46. The quantitative estimate of drug-likeness (QED) is 0.453. The van der Waals surface area contributed by atoms with Crippen LogP contribution in [0.1, 0.15) is 19.8 Å². The third-order valence-electron chi connectivity index (χ3n) is 0.496. The largest absolute Gasteiger partial charge is 0.370 e. The molecule has 4 nitrogen and oxygen atoms in total. The molecule has 0 aliphatic heterocycles. The van der Waals surface area contributed by atoms with Gasteiger partial charge in [-0.3, -0.25) is 4.79 Å². The van der Waals surface area contributed by atoms with Crippen LogP contribution < -0.4 is 5.73 Å². The van der Waals surface area contributed by atoms with Gasteiger partial charge in [0.05, 0.1) is 0 Å². The molecule has 0 atom stereocenters. The Morgan fingerprint density at radius 3 is 2.11 bits per heavy atom. The number of nitrogens with zero attached hydrogens (tertiary/aromatic N) is 1. The summed E-state index contributed by atoms with van der Waals surface area (Å²) >= 11 is 2.86. The molecule has 1 amide bonds. The first-order valence-corrected chi connectivity index (χ1v) is 2.84. The number of amides is 1. The van der Waals surface area contributed by atoms with E-state index in [0.29, 0.717) is 6.42 Å². The van der Waals surface area contributed by atoms with Crippen molar-refractivity contribution in [3.05, 3.63) is 4.91 Å². The molecule has 0 rings (SSSR count). The number of carbonyl (C=O) groups excluding carboxylic acids is 1. The maximum atomic E-state index is 9.82. The molecule has 2 N–H and O–H groups in total. The van der Waals surface area contributed by atoms with Gasteiger partial charge in [0.1, 0.15) is 0 Å². The predicted octanol–water partition coefficient (Wildman–Crippen LogP) is 0.869. The van der Waals surface area contributed by atoms with Crippen molar-refractivity contribution in [2.45, 2.75) is 19.8 Å². The number of carbonyl (C=O) groups is 1. The molecule has 5 heteroatoms. The second kappa shape index (κ2) is 10.4. The predicted molar refractivity (Wildman–Crippen MR) is 38.9 cm³/mol. The summed E-state index contributed by atoms with van der Waals surface area (Å²) in [6.45, 7) is 1.92. The van der Waals surface area contributed by atoms with Crippen LogP contribution in [0.25, 0.3) is 0 Å². The van der Waals surface area contributed by atoms with Gasteiger partial charge in [-0.15, -0.1) is 4.91 Å². The first-order valence-electron chi connectivity index (χ1n) is 2.44. The molecule has 0 aliphatic rings. The fraction of sp³-hybridized carbons (Fsp3) is 0.750. The number of rotatable bonds is 2. The Bertz CT molecular complexity index is 86.6. The van der Waals surface area contributed by atoms with Crippen molar-refractivity contribution < 1.29 is 4.79 Å². The van der Waals surface area contributed by atoms with E-state index < -0.39 is 0 Å². The molecule has 0 fully saturated rings. The van der Waals surface area contributed by atoms with Crippen LogP contribution in [0.4, 0.5) is 0 Å². The average Bonchev–Trinajstić information content (AvgIpc) is 1.67. The number of nitroso groups, excluding NO2 is 1. The molecule has 0 spiro atoms. The van der Waals surface area contributed by atoms with Gasteiger partial charge in [0.2, 0.25) is 5.91 Å². The van der Waals surface area contributed by atoms with Crippen LogP contribution in [0.15, 0.2) is 4.58 Å². The lowest BCUT2D eigenvalue weighted by Gasteiger charge is -1.81. The number of primary amides is 1. The third-order valence-corrected chi connectivity index (χ3v) is 0.496. The molecule has 0 saturated carbocycles. The van der Waals surface area contributed by atoms with Crippen LogP contribution in [-0.4, -0.2) is 5.91 Å². The van der Waals surface area contributed by atoms with Crippen molar-refractivity contribution in [1.82, 2.24) is 0 Å². The molecule has 0 aromatic rings. The van der Waals surface area contributed by atoms with E-state index in [1.54, 1.807) is 0 Å². The van der Waals surface area contributed by atoms with Gasteiger partial charge in [-0.1, -0.05) is 6.92 Å². The van der Waals surface area contributed by atoms with Gasteiger partial charge < -0.3 is 5.73 Å². The monoisotopic (exact) mass is 150 g/mol. The highest BCUT2D eigenvalue weighted by Gasteiger charge is 1.84. The van der Waals surface area contributed by atoms with E-state index in [0.717, 1.165) is 6.42 Å². The first-order chi connectivity index (χ1) is 4.18. The minimum Gasteiger partial charge on any atom is -0.370 e. The fourth-order valence-corrected chi connectivity index (χ4v) is 0.246.